The van der Waals surface area contributed by atoms with Gasteiger partial charge in [0.15, 0.2) is 0 Å². The number of hydrogen-bond acceptors (Lipinski definition) is 6. The van der Waals surface area contributed by atoms with Crippen LogP contribution in [0.5, 0.6) is 5.75 Å². The van der Waals surface area contributed by atoms with E-state index >= 15 is 0 Å². The number of rotatable bonds is 8. The molecule has 3 N–H and O–H groups in total. The summed E-state index contributed by atoms with van der Waals surface area (Å²) < 4.78 is 19.7. The fourth-order valence-electron chi connectivity index (χ4n) is 3.44. The first-order chi connectivity index (χ1) is 14.5. The van der Waals surface area contributed by atoms with Crippen molar-refractivity contribution < 1.29 is 28.9 Å². The van der Waals surface area contributed by atoms with Crippen molar-refractivity contribution in [2.75, 3.05) is 33.4 Å². The number of nitrogens with zero attached hydrogens (tertiary/aromatic N) is 1. The number of halogens is 1. The van der Waals surface area contributed by atoms with Crippen LogP contribution in [0.1, 0.15) is 17.2 Å². The molecule has 0 bridgehead atoms. The molecule has 1 amide bonds. The molecule has 0 radical (unpaired) electrons. The number of ketones is 1. The zero-order chi connectivity index (χ0) is 21.7. The molecule has 1 saturated heterocycles. The molecule has 0 aliphatic carbocycles. The van der Waals surface area contributed by atoms with E-state index in [0.717, 1.165) is 0 Å². The lowest BCUT2D eigenvalue weighted by atomic mass is 9.95. The number of hydrogen-bond donors (Lipinski definition) is 3. The summed E-state index contributed by atoms with van der Waals surface area (Å²) in [6.45, 7) is 0.636. The van der Waals surface area contributed by atoms with Crippen molar-refractivity contribution in [2.24, 2.45) is 0 Å². The van der Waals surface area contributed by atoms with Gasteiger partial charge >= 0.3 is 0 Å². The van der Waals surface area contributed by atoms with Crippen molar-refractivity contribution in [3.05, 3.63) is 71.0 Å². The van der Waals surface area contributed by atoms with Gasteiger partial charge in [0, 0.05) is 30.8 Å². The lowest BCUT2D eigenvalue weighted by molar-refractivity contribution is -0.139. The molecule has 0 spiro atoms. The molecule has 8 heteroatoms. The predicted octanol–water partition coefficient (Wildman–Crippen LogP) is 1.84. The second kappa shape index (κ2) is 9.51. The second-order valence-electron chi connectivity index (χ2n) is 6.72. The minimum absolute atomic E-state index is 0.0764. The van der Waals surface area contributed by atoms with Crippen molar-refractivity contribution in [2.45, 2.75) is 6.04 Å². The highest BCUT2D eigenvalue weighted by Gasteiger charge is 2.46. The molecule has 7 nitrogen and oxygen atoms in total. The Morgan fingerprint density at radius 1 is 1.13 bits per heavy atom. The number of carbonyl (C=O) groups is 2. The van der Waals surface area contributed by atoms with Crippen molar-refractivity contribution in [1.29, 1.82) is 0 Å². The van der Waals surface area contributed by atoms with Gasteiger partial charge in [0.05, 0.1) is 25.3 Å². The highest BCUT2D eigenvalue weighted by molar-refractivity contribution is 6.46. The number of carbonyl (C=O) groups excluding carboxylic acids is 2. The third-order valence-electron chi connectivity index (χ3n) is 4.92. The van der Waals surface area contributed by atoms with Crippen LogP contribution in [0.25, 0.3) is 5.76 Å². The summed E-state index contributed by atoms with van der Waals surface area (Å²) in [6.07, 6.45) is 0. The smallest absolute Gasteiger partial charge is 0.295 e. The number of benzene rings is 2. The van der Waals surface area contributed by atoms with E-state index in [0.29, 0.717) is 24.4 Å². The molecule has 1 heterocycles. The molecule has 1 unspecified atom stereocenters. The van der Waals surface area contributed by atoms with Gasteiger partial charge in [-0.05, 0) is 30.3 Å². The van der Waals surface area contributed by atoms with E-state index in [1.165, 1.54) is 30.2 Å². The minimum atomic E-state index is -1.07. The Morgan fingerprint density at radius 2 is 1.83 bits per heavy atom. The summed E-state index contributed by atoms with van der Waals surface area (Å²) in [5.41, 5.74) is 0.264. The molecular weight excluding hydrogens is 391 g/mol. The van der Waals surface area contributed by atoms with Crippen LogP contribution in [0.15, 0.2) is 54.1 Å². The predicted molar refractivity (Wildman–Crippen MR) is 108 cm³/mol. The SMILES string of the molecule is COc1ccc(/C(O)=C2/C(=O)C(=O)N(CCNCCO)C2c2ccccc2F)cc1. The van der Waals surface area contributed by atoms with Crippen LogP contribution in [0, 0.1) is 5.82 Å². The van der Waals surface area contributed by atoms with Crippen LogP contribution in [-0.2, 0) is 9.59 Å². The maximum Gasteiger partial charge on any atom is 0.295 e. The van der Waals surface area contributed by atoms with Crippen LogP contribution in [0.3, 0.4) is 0 Å². The Labute approximate surface area is 173 Å². The molecule has 0 saturated carbocycles. The topological polar surface area (TPSA) is 99.1 Å². The van der Waals surface area contributed by atoms with Crippen LogP contribution in [-0.4, -0.2) is 60.2 Å². The third kappa shape index (κ3) is 4.19. The average molecular weight is 414 g/mol. The molecule has 1 fully saturated rings. The number of Topliss-reactive ketones (excluding diaryl/α,β-unsaturated/α-hetero) is 1. The normalized spacial score (nSPS) is 18.1. The summed E-state index contributed by atoms with van der Waals surface area (Å²) in [5.74, 6) is -2.09. The van der Waals surface area contributed by atoms with E-state index in [4.69, 9.17) is 9.84 Å². The Morgan fingerprint density at radius 3 is 2.47 bits per heavy atom. The number of likely N-dealkylation sites (tertiary alicyclic amines) is 1. The molecule has 30 heavy (non-hydrogen) atoms. The summed E-state index contributed by atoms with van der Waals surface area (Å²) in [5, 5.41) is 22.7. The van der Waals surface area contributed by atoms with Gasteiger partial charge in [-0.25, -0.2) is 4.39 Å². The molecule has 2 aromatic carbocycles. The van der Waals surface area contributed by atoms with Crippen LogP contribution < -0.4 is 10.1 Å². The molecule has 1 atom stereocenters. The fraction of sp³-hybridized carbons (Fsp3) is 0.273. The number of aliphatic hydroxyl groups excluding tert-OH is 2. The molecule has 0 aromatic heterocycles. The van der Waals surface area contributed by atoms with E-state index in [1.54, 1.807) is 30.3 Å². The molecular formula is C22H23FN2O5. The zero-order valence-electron chi connectivity index (χ0n) is 16.5. The van der Waals surface area contributed by atoms with Crippen molar-refractivity contribution in [1.82, 2.24) is 10.2 Å². The Bertz CT molecular complexity index is 958. The van der Waals surface area contributed by atoms with Crippen molar-refractivity contribution >= 4 is 17.4 Å². The largest absolute Gasteiger partial charge is 0.507 e. The van der Waals surface area contributed by atoms with Gasteiger partial charge in [0.25, 0.3) is 11.7 Å². The molecule has 158 valence electrons. The maximum absolute atomic E-state index is 14.6. The van der Waals surface area contributed by atoms with Gasteiger partial charge in [-0.3, -0.25) is 9.59 Å². The second-order valence-corrected chi connectivity index (χ2v) is 6.72. The van der Waals surface area contributed by atoms with Gasteiger partial charge in [-0.1, -0.05) is 18.2 Å². The number of aliphatic hydroxyl groups is 2. The molecule has 2 aromatic rings. The molecule has 3 rings (SSSR count). The lowest BCUT2D eigenvalue weighted by Crippen LogP contribution is -2.36. The number of amides is 1. The first-order valence-electron chi connectivity index (χ1n) is 9.48. The summed E-state index contributed by atoms with van der Waals surface area (Å²) in [4.78, 5) is 26.8. The third-order valence-corrected chi connectivity index (χ3v) is 4.92. The van der Waals surface area contributed by atoms with Gasteiger partial charge in [-0.2, -0.15) is 0 Å². The Hall–Kier alpha value is -3.23. The van der Waals surface area contributed by atoms with Gasteiger partial charge in [-0.15, -0.1) is 0 Å². The van der Waals surface area contributed by atoms with Crippen molar-refractivity contribution in [3.63, 3.8) is 0 Å². The number of nitrogens with one attached hydrogen (secondary N) is 1. The Balaban J connectivity index is 2.07. The van der Waals surface area contributed by atoms with E-state index in [9.17, 15) is 19.1 Å². The number of methoxy groups -OCH3 is 1. The average Bonchev–Trinajstić information content (AvgIpc) is 3.01. The van der Waals surface area contributed by atoms with E-state index < -0.39 is 23.5 Å². The zero-order valence-corrected chi connectivity index (χ0v) is 16.5. The van der Waals surface area contributed by atoms with E-state index in [2.05, 4.69) is 5.32 Å². The van der Waals surface area contributed by atoms with Crippen LogP contribution in [0.4, 0.5) is 4.39 Å². The highest BCUT2D eigenvalue weighted by Crippen LogP contribution is 2.40. The van der Waals surface area contributed by atoms with E-state index in [-0.39, 0.29) is 30.0 Å². The molecule has 1 aliphatic heterocycles. The number of ether oxygens (including phenoxy) is 1. The standard InChI is InChI=1S/C22H23FN2O5/c1-30-15-8-6-14(7-9-15)20(27)18-19(16-4-2-3-5-17(16)23)25(22(29)21(18)28)12-10-24-11-13-26/h2-9,19,24,26-27H,10-13H2,1H3/b20-18-. The molecule has 1 aliphatic rings. The lowest BCUT2D eigenvalue weighted by Gasteiger charge is -2.25. The minimum Gasteiger partial charge on any atom is -0.507 e. The summed E-state index contributed by atoms with van der Waals surface area (Å²) >= 11 is 0. The monoisotopic (exact) mass is 414 g/mol. The Kier molecular flexibility index (Phi) is 6.81. The van der Waals surface area contributed by atoms with Crippen LogP contribution >= 0.6 is 0 Å². The van der Waals surface area contributed by atoms with Gasteiger partial charge in [0.1, 0.15) is 17.3 Å². The van der Waals surface area contributed by atoms with Crippen molar-refractivity contribution in [3.8, 4) is 5.75 Å². The van der Waals surface area contributed by atoms with Gasteiger partial charge in [0.2, 0.25) is 0 Å². The highest BCUT2D eigenvalue weighted by atomic mass is 19.1. The first-order valence-corrected chi connectivity index (χ1v) is 9.48. The van der Waals surface area contributed by atoms with Gasteiger partial charge < -0.3 is 25.2 Å². The van der Waals surface area contributed by atoms with E-state index in [1.807, 2.05) is 0 Å². The van der Waals surface area contributed by atoms with Crippen LogP contribution in [0.2, 0.25) is 0 Å². The maximum atomic E-state index is 14.6. The summed E-state index contributed by atoms with van der Waals surface area (Å²) in [7, 11) is 1.50. The quantitative estimate of drug-likeness (QED) is 0.264. The summed E-state index contributed by atoms with van der Waals surface area (Å²) in [6, 6.07) is 11.1. The first kappa shape index (κ1) is 21.5. The fourth-order valence-corrected chi connectivity index (χ4v) is 3.44.